The van der Waals surface area contributed by atoms with Crippen molar-refractivity contribution in [3.8, 4) is 0 Å². The number of benzene rings is 1. The van der Waals surface area contributed by atoms with Crippen molar-refractivity contribution in [1.82, 2.24) is 15.5 Å². The van der Waals surface area contributed by atoms with Crippen LogP contribution < -0.4 is 10.6 Å². The first kappa shape index (κ1) is 19.9. The largest absolute Gasteiger partial charge is 0.416 e. The van der Waals surface area contributed by atoms with E-state index in [0.717, 1.165) is 47.3 Å². The molecule has 2 N–H and O–H groups in total. The van der Waals surface area contributed by atoms with E-state index in [-0.39, 0.29) is 5.82 Å². The van der Waals surface area contributed by atoms with Crippen LogP contribution in [-0.2, 0) is 25.7 Å². The van der Waals surface area contributed by atoms with Gasteiger partial charge in [-0.3, -0.25) is 0 Å². The van der Waals surface area contributed by atoms with Gasteiger partial charge in [-0.2, -0.15) is 13.2 Å². The lowest BCUT2D eigenvalue weighted by atomic mass is 10.1. The third kappa shape index (κ3) is 4.89. The van der Waals surface area contributed by atoms with Gasteiger partial charge in [0.05, 0.1) is 11.3 Å². The standard InChI is InChI=1S/C20H21F3N4O/c1-3-18-17(13(2)27-28-18)12-24-11-14-4-6-16(7-5-14)26-19-10-15(8-9-25-19)20(21,22)23/h4-10,24H,3,11-12H2,1-2H3,(H,25,26). The molecule has 0 bridgehead atoms. The Balaban J connectivity index is 1.57. The number of halogens is 3. The molecule has 3 aromatic rings. The fraction of sp³-hybridized carbons (Fsp3) is 0.300. The van der Waals surface area contributed by atoms with Gasteiger partial charge in [-0.15, -0.1) is 0 Å². The molecule has 2 aromatic heterocycles. The summed E-state index contributed by atoms with van der Waals surface area (Å²) in [4.78, 5) is 3.93. The van der Waals surface area contributed by atoms with Gasteiger partial charge >= 0.3 is 6.18 Å². The fourth-order valence-electron chi connectivity index (χ4n) is 2.80. The lowest BCUT2D eigenvalue weighted by molar-refractivity contribution is -0.137. The maximum Gasteiger partial charge on any atom is 0.416 e. The molecular formula is C20H21F3N4O. The maximum atomic E-state index is 12.8. The van der Waals surface area contributed by atoms with Gasteiger partial charge in [-0.05, 0) is 36.8 Å². The number of nitrogens with zero attached hydrogens (tertiary/aromatic N) is 2. The Hall–Kier alpha value is -2.87. The van der Waals surface area contributed by atoms with Crippen molar-refractivity contribution >= 4 is 11.5 Å². The number of aromatic nitrogens is 2. The van der Waals surface area contributed by atoms with Gasteiger partial charge in [0, 0.05) is 37.0 Å². The molecule has 0 atom stereocenters. The zero-order chi connectivity index (χ0) is 20.1. The Bertz CT molecular complexity index is 920. The third-order valence-electron chi connectivity index (χ3n) is 4.33. The van der Waals surface area contributed by atoms with Crippen molar-refractivity contribution in [3.05, 3.63) is 70.7 Å². The maximum absolute atomic E-state index is 12.8. The van der Waals surface area contributed by atoms with Crippen LogP contribution >= 0.6 is 0 Å². The van der Waals surface area contributed by atoms with Gasteiger partial charge in [-0.25, -0.2) is 4.98 Å². The minimum atomic E-state index is -4.39. The average molecular weight is 390 g/mol. The van der Waals surface area contributed by atoms with Crippen LogP contribution in [0.15, 0.2) is 47.1 Å². The van der Waals surface area contributed by atoms with Gasteiger partial charge in [0.15, 0.2) is 0 Å². The van der Waals surface area contributed by atoms with Crippen molar-refractivity contribution in [3.63, 3.8) is 0 Å². The fourth-order valence-corrected chi connectivity index (χ4v) is 2.80. The van der Waals surface area contributed by atoms with Gasteiger partial charge in [0.1, 0.15) is 11.6 Å². The van der Waals surface area contributed by atoms with Crippen LogP contribution in [0, 0.1) is 6.92 Å². The van der Waals surface area contributed by atoms with Crippen LogP contribution in [-0.4, -0.2) is 10.1 Å². The van der Waals surface area contributed by atoms with E-state index in [0.29, 0.717) is 18.8 Å². The van der Waals surface area contributed by atoms with Crippen LogP contribution in [0.1, 0.15) is 35.1 Å². The third-order valence-corrected chi connectivity index (χ3v) is 4.33. The number of alkyl halides is 3. The van der Waals surface area contributed by atoms with Crippen LogP contribution in [0.5, 0.6) is 0 Å². The Labute approximate surface area is 161 Å². The number of anilines is 2. The van der Waals surface area contributed by atoms with E-state index in [1.54, 1.807) is 12.1 Å². The molecule has 28 heavy (non-hydrogen) atoms. The molecule has 0 aliphatic carbocycles. The number of hydrogen-bond acceptors (Lipinski definition) is 5. The van der Waals surface area contributed by atoms with Crippen molar-refractivity contribution < 1.29 is 17.7 Å². The quantitative estimate of drug-likeness (QED) is 0.595. The first-order chi connectivity index (χ1) is 13.4. The average Bonchev–Trinajstić information content (AvgIpc) is 3.03. The predicted octanol–water partition coefficient (Wildman–Crippen LogP) is 4.99. The molecule has 0 saturated heterocycles. The summed E-state index contributed by atoms with van der Waals surface area (Å²) in [5.41, 5.74) is 2.95. The van der Waals surface area contributed by atoms with E-state index in [1.165, 1.54) is 0 Å². The summed E-state index contributed by atoms with van der Waals surface area (Å²) >= 11 is 0. The molecule has 0 fully saturated rings. The highest BCUT2D eigenvalue weighted by atomic mass is 19.4. The Kier molecular flexibility index (Phi) is 5.99. The molecule has 5 nitrogen and oxygen atoms in total. The number of aryl methyl sites for hydroxylation is 2. The lowest BCUT2D eigenvalue weighted by Gasteiger charge is -2.10. The summed E-state index contributed by atoms with van der Waals surface area (Å²) < 4.78 is 43.6. The molecule has 0 spiro atoms. The van der Waals surface area contributed by atoms with E-state index >= 15 is 0 Å². The number of nitrogens with one attached hydrogen (secondary N) is 2. The van der Waals surface area contributed by atoms with Crippen molar-refractivity contribution in [2.24, 2.45) is 0 Å². The summed E-state index contributed by atoms with van der Waals surface area (Å²) in [5, 5.41) is 10.2. The summed E-state index contributed by atoms with van der Waals surface area (Å²) in [6.07, 6.45) is -2.46. The highest BCUT2D eigenvalue weighted by molar-refractivity contribution is 5.57. The Morgan fingerprint density at radius 2 is 1.82 bits per heavy atom. The Morgan fingerprint density at radius 3 is 2.50 bits per heavy atom. The number of hydrogen-bond donors (Lipinski definition) is 2. The summed E-state index contributed by atoms with van der Waals surface area (Å²) in [5.74, 6) is 1.04. The van der Waals surface area contributed by atoms with Gasteiger partial charge in [0.2, 0.25) is 0 Å². The second-order valence-electron chi connectivity index (χ2n) is 6.38. The van der Waals surface area contributed by atoms with E-state index in [9.17, 15) is 13.2 Å². The minimum absolute atomic E-state index is 0.149. The SMILES string of the molecule is CCc1onc(C)c1CNCc1ccc(Nc2cc(C(F)(F)F)ccn2)cc1. The summed E-state index contributed by atoms with van der Waals surface area (Å²) in [6, 6.07) is 9.36. The molecule has 0 amide bonds. The van der Waals surface area contributed by atoms with Crippen LogP contribution in [0.25, 0.3) is 0 Å². The van der Waals surface area contributed by atoms with E-state index in [2.05, 4.69) is 20.8 Å². The predicted molar refractivity (Wildman–Crippen MR) is 100 cm³/mol. The molecule has 0 aliphatic heterocycles. The molecule has 3 rings (SSSR count). The minimum Gasteiger partial charge on any atom is -0.361 e. The number of pyridine rings is 1. The van der Waals surface area contributed by atoms with Crippen molar-refractivity contribution in [2.45, 2.75) is 39.5 Å². The lowest BCUT2D eigenvalue weighted by Crippen LogP contribution is -2.14. The highest BCUT2D eigenvalue weighted by Crippen LogP contribution is 2.30. The highest BCUT2D eigenvalue weighted by Gasteiger charge is 2.30. The molecule has 0 radical (unpaired) electrons. The monoisotopic (exact) mass is 390 g/mol. The molecule has 0 aliphatic rings. The van der Waals surface area contributed by atoms with Crippen molar-refractivity contribution in [1.29, 1.82) is 0 Å². The van der Waals surface area contributed by atoms with Gasteiger partial charge in [-0.1, -0.05) is 24.2 Å². The second-order valence-corrected chi connectivity index (χ2v) is 6.38. The molecule has 8 heteroatoms. The second kappa shape index (κ2) is 8.43. The topological polar surface area (TPSA) is 63.0 Å². The summed E-state index contributed by atoms with van der Waals surface area (Å²) in [7, 11) is 0. The molecule has 2 heterocycles. The molecule has 1 aromatic carbocycles. The smallest absolute Gasteiger partial charge is 0.361 e. The van der Waals surface area contributed by atoms with E-state index in [1.807, 2.05) is 26.0 Å². The normalized spacial score (nSPS) is 11.6. The molecular weight excluding hydrogens is 369 g/mol. The van der Waals surface area contributed by atoms with Crippen LogP contribution in [0.2, 0.25) is 0 Å². The molecule has 0 saturated carbocycles. The van der Waals surface area contributed by atoms with E-state index in [4.69, 9.17) is 4.52 Å². The summed E-state index contributed by atoms with van der Waals surface area (Å²) in [6.45, 7) is 5.25. The van der Waals surface area contributed by atoms with E-state index < -0.39 is 11.7 Å². The first-order valence-corrected chi connectivity index (χ1v) is 8.90. The molecule has 148 valence electrons. The molecule has 0 unspecified atom stereocenters. The zero-order valence-electron chi connectivity index (χ0n) is 15.6. The number of rotatable bonds is 7. The van der Waals surface area contributed by atoms with Crippen molar-refractivity contribution in [2.75, 3.05) is 5.32 Å². The first-order valence-electron chi connectivity index (χ1n) is 8.90. The zero-order valence-corrected chi connectivity index (χ0v) is 15.6. The van der Waals surface area contributed by atoms with Gasteiger partial charge < -0.3 is 15.2 Å². The van der Waals surface area contributed by atoms with Crippen LogP contribution in [0.3, 0.4) is 0 Å². The van der Waals surface area contributed by atoms with Crippen LogP contribution in [0.4, 0.5) is 24.7 Å². The Morgan fingerprint density at radius 1 is 1.07 bits per heavy atom. The van der Waals surface area contributed by atoms with Gasteiger partial charge in [0.25, 0.3) is 0 Å².